The van der Waals surface area contributed by atoms with Crippen molar-refractivity contribution in [2.75, 3.05) is 11.9 Å². The molecule has 30 heavy (non-hydrogen) atoms. The maximum Gasteiger partial charge on any atom is 0.254 e. The van der Waals surface area contributed by atoms with E-state index in [4.69, 9.17) is 5.73 Å². The van der Waals surface area contributed by atoms with Crippen LogP contribution in [0.15, 0.2) is 48.5 Å². The number of anilines is 1. The maximum atomic E-state index is 13.8. The predicted molar refractivity (Wildman–Crippen MR) is 109 cm³/mol. The van der Waals surface area contributed by atoms with Gasteiger partial charge in [-0.05, 0) is 36.2 Å². The van der Waals surface area contributed by atoms with E-state index in [2.05, 4.69) is 16.0 Å². The van der Waals surface area contributed by atoms with E-state index < -0.39 is 35.5 Å². The van der Waals surface area contributed by atoms with Crippen LogP contribution >= 0.6 is 0 Å². The van der Waals surface area contributed by atoms with Crippen LogP contribution in [0.1, 0.15) is 34.6 Å². The van der Waals surface area contributed by atoms with Crippen molar-refractivity contribution >= 4 is 29.3 Å². The minimum atomic E-state index is -0.940. The number of amides is 4. The third-order valence-corrected chi connectivity index (χ3v) is 4.17. The van der Waals surface area contributed by atoms with E-state index in [9.17, 15) is 23.6 Å². The molecule has 0 aliphatic heterocycles. The summed E-state index contributed by atoms with van der Waals surface area (Å²) < 4.78 is 13.8. The number of nitrogens with one attached hydrogen (secondary N) is 3. The second kappa shape index (κ2) is 10.1. The normalized spacial score (nSPS) is 11.5. The molecule has 0 aliphatic rings. The fourth-order valence-corrected chi connectivity index (χ4v) is 2.63. The van der Waals surface area contributed by atoms with E-state index in [1.165, 1.54) is 30.3 Å². The van der Waals surface area contributed by atoms with Crippen LogP contribution in [-0.4, -0.2) is 36.2 Å². The van der Waals surface area contributed by atoms with Crippen LogP contribution in [-0.2, 0) is 9.59 Å². The van der Waals surface area contributed by atoms with Crippen molar-refractivity contribution in [1.82, 2.24) is 10.6 Å². The van der Waals surface area contributed by atoms with E-state index in [1.807, 2.05) is 0 Å². The van der Waals surface area contributed by atoms with Gasteiger partial charge in [-0.25, -0.2) is 4.39 Å². The van der Waals surface area contributed by atoms with Crippen molar-refractivity contribution in [2.24, 2.45) is 11.7 Å². The van der Waals surface area contributed by atoms with Crippen LogP contribution in [0.2, 0.25) is 0 Å². The Balaban J connectivity index is 2.11. The largest absolute Gasteiger partial charge is 0.368 e. The second-order valence-electron chi connectivity index (χ2n) is 6.89. The van der Waals surface area contributed by atoms with Crippen molar-refractivity contribution in [3.05, 3.63) is 65.5 Å². The smallest absolute Gasteiger partial charge is 0.254 e. The lowest BCUT2D eigenvalue weighted by molar-refractivity contribution is -0.119. The molecule has 1 unspecified atom stereocenters. The third kappa shape index (κ3) is 6.13. The molecule has 2 aromatic carbocycles. The van der Waals surface area contributed by atoms with Gasteiger partial charge in [-0.1, -0.05) is 32.0 Å². The highest BCUT2D eigenvalue weighted by molar-refractivity contribution is 6.02. The molecule has 0 spiro atoms. The van der Waals surface area contributed by atoms with Gasteiger partial charge in [-0.15, -0.1) is 0 Å². The monoisotopic (exact) mass is 414 g/mol. The number of benzene rings is 2. The zero-order chi connectivity index (χ0) is 22.3. The Kier molecular flexibility index (Phi) is 7.62. The van der Waals surface area contributed by atoms with Gasteiger partial charge in [0.25, 0.3) is 11.8 Å². The standard InChI is InChI=1S/C21H23FN4O4/c1-12(2)18(26-20(29)15-8-3-4-9-16(15)22)21(30)25-14-7-5-6-13(10-14)19(28)24-11-17(23)27/h3-10,12,18H,11H2,1-2H3,(H2,23,27)(H,24,28)(H,25,30)(H,26,29). The van der Waals surface area contributed by atoms with Crippen LogP contribution in [0, 0.1) is 11.7 Å². The third-order valence-electron chi connectivity index (χ3n) is 4.17. The number of primary amides is 1. The number of rotatable bonds is 8. The number of nitrogens with two attached hydrogens (primary N) is 1. The van der Waals surface area contributed by atoms with Crippen LogP contribution in [0.3, 0.4) is 0 Å². The molecule has 0 saturated carbocycles. The predicted octanol–water partition coefficient (Wildman–Crippen LogP) is 1.43. The molecule has 1 atom stereocenters. The summed E-state index contributed by atoms with van der Waals surface area (Å²) in [7, 11) is 0. The van der Waals surface area contributed by atoms with Crippen molar-refractivity contribution in [3.63, 3.8) is 0 Å². The van der Waals surface area contributed by atoms with Gasteiger partial charge in [0.05, 0.1) is 12.1 Å². The molecule has 4 amide bonds. The van der Waals surface area contributed by atoms with Crippen LogP contribution < -0.4 is 21.7 Å². The number of hydrogen-bond donors (Lipinski definition) is 4. The van der Waals surface area contributed by atoms with Crippen molar-refractivity contribution < 1.29 is 23.6 Å². The first-order valence-corrected chi connectivity index (χ1v) is 9.22. The Labute approximate surface area is 173 Å². The summed E-state index contributed by atoms with van der Waals surface area (Å²) in [6.07, 6.45) is 0. The summed E-state index contributed by atoms with van der Waals surface area (Å²) in [4.78, 5) is 47.9. The van der Waals surface area contributed by atoms with Gasteiger partial charge in [0.2, 0.25) is 11.8 Å². The fraction of sp³-hybridized carbons (Fsp3) is 0.238. The van der Waals surface area contributed by atoms with Gasteiger partial charge in [0, 0.05) is 11.3 Å². The number of carbonyl (C=O) groups is 4. The first-order valence-electron chi connectivity index (χ1n) is 9.22. The summed E-state index contributed by atoms with van der Waals surface area (Å²) in [6.45, 7) is 3.16. The van der Waals surface area contributed by atoms with Gasteiger partial charge >= 0.3 is 0 Å². The molecule has 0 saturated heterocycles. The summed E-state index contributed by atoms with van der Waals surface area (Å²) >= 11 is 0. The average molecular weight is 414 g/mol. The Bertz CT molecular complexity index is 962. The molecule has 0 fully saturated rings. The first kappa shape index (κ1) is 22.5. The SMILES string of the molecule is CC(C)C(NC(=O)c1ccccc1F)C(=O)Nc1cccc(C(=O)NCC(N)=O)c1. The number of carbonyl (C=O) groups excluding carboxylic acids is 4. The Morgan fingerprint density at radius 1 is 1.00 bits per heavy atom. The second-order valence-corrected chi connectivity index (χ2v) is 6.89. The van der Waals surface area contributed by atoms with Gasteiger partial charge in [0.1, 0.15) is 11.9 Å². The van der Waals surface area contributed by atoms with Crippen LogP contribution in [0.4, 0.5) is 10.1 Å². The lowest BCUT2D eigenvalue weighted by Gasteiger charge is -2.22. The van der Waals surface area contributed by atoms with Gasteiger partial charge in [-0.3, -0.25) is 19.2 Å². The summed E-state index contributed by atoms with van der Waals surface area (Å²) in [6, 6.07) is 10.6. The van der Waals surface area contributed by atoms with E-state index in [-0.39, 0.29) is 23.6 Å². The van der Waals surface area contributed by atoms with Gasteiger partial charge in [-0.2, -0.15) is 0 Å². The Hall–Kier alpha value is -3.75. The maximum absolute atomic E-state index is 13.8. The molecule has 0 bridgehead atoms. The molecule has 2 aromatic rings. The molecule has 8 nitrogen and oxygen atoms in total. The highest BCUT2D eigenvalue weighted by atomic mass is 19.1. The molecule has 9 heteroatoms. The summed E-state index contributed by atoms with van der Waals surface area (Å²) in [5, 5.41) is 7.53. The highest BCUT2D eigenvalue weighted by Crippen LogP contribution is 2.14. The average Bonchev–Trinajstić information content (AvgIpc) is 2.70. The zero-order valence-corrected chi connectivity index (χ0v) is 16.6. The molecule has 2 rings (SSSR count). The van der Waals surface area contributed by atoms with Crippen molar-refractivity contribution in [1.29, 1.82) is 0 Å². The fourth-order valence-electron chi connectivity index (χ4n) is 2.63. The quantitative estimate of drug-likeness (QED) is 0.521. The summed E-state index contributed by atoms with van der Waals surface area (Å²) in [5.41, 5.74) is 5.37. The molecular formula is C21H23FN4O4. The summed E-state index contributed by atoms with van der Waals surface area (Å²) in [5.74, 6) is -3.42. The lowest BCUT2D eigenvalue weighted by Crippen LogP contribution is -2.47. The molecule has 5 N–H and O–H groups in total. The Morgan fingerprint density at radius 2 is 1.70 bits per heavy atom. The van der Waals surface area contributed by atoms with Crippen LogP contribution in [0.5, 0.6) is 0 Å². The van der Waals surface area contributed by atoms with Crippen molar-refractivity contribution in [2.45, 2.75) is 19.9 Å². The topological polar surface area (TPSA) is 130 Å². The molecule has 158 valence electrons. The van der Waals surface area contributed by atoms with Crippen molar-refractivity contribution in [3.8, 4) is 0 Å². The van der Waals surface area contributed by atoms with Crippen LogP contribution in [0.25, 0.3) is 0 Å². The zero-order valence-electron chi connectivity index (χ0n) is 16.6. The van der Waals surface area contributed by atoms with E-state index >= 15 is 0 Å². The van der Waals surface area contributed by atoms with Gasteiger partial charge in [0.15, 0.2) is 0 Å². The van der Waals surface area contributed by atoms with Gasteiger partial charge < -0.3 is 21.7 Å². The van der Waals surface area contributed by atoms with E-state index in [0.717, 1.165) is 6.07 Å². The molecule has 0 heterocycles. The molecule has 0 radical (unpaired) electrons. The molecule has 0 aliphatic carbocycles. The lowest BCUT2D eigenvalue weighted by atomic mass is 10.0. The first-order chi connectivity index (χ1) is 14.2. The molecular weight excluding hydrogens is 391 g/mol. The minimum absolute atomic E-state index is 0.163. The van der Waals surface area contributed by atoms with E-state index in [0.29, 0.717) is 5.69 Å². The molecule has 0 aromatic heterocycles. The number of halogens is 1. The number of hydrogen-bond acceptors (Lipinski definition) is 4. The van der Waals surface area contributed by atoms with E-state index in [1.54, 1.807) is 26.0 Å². The Morgan fingerprint density at radius 3 is 2.33 bits per heavy atom. The highest BCUT2D eigenvalue weighted by Gasteiger charge is 2.26. The minimum Gasteiger partial charge on any atom is -0.368 e.